The molecular formula is C28H33ClN8O3. The second kappa shape index (κ2) is 11.3. The van der Waals surface area contributed by atoms with E-state index >= 15 is 0 Å². The van der Waals surface area contributed by atoms with Crippen LogP contribution in [-0.2, 0) is 11.3 Å². The summed E-state index contributed by atoms with van der Waals surface area (Å²) in [7, 11) is 1.60. The molecule has 0 spiro atoms. The Morgan fingerprint density at radius 3 is 2.70 bits per heavy atom. The third-order valence-corrected chi connectivity index (χ3v) is 7.82. The number of anilines is 2. The number of hydrogen-bond donors (Lipinski definition) is 3. The standard InChI is InChI=1S/C28H33ClN8O3/c1-15-12-32-21(17(3)23(15)40-4)14-37-25-22(24(29)34-28(30)35-25)18(27(37)39)11-20-16(2)19(13-33-20)26(38)31-7-10-36-8-5-6-9-36/h11-13,33H,5-10,14H2,1-4H3,(H,31,38)(H2,30,34,35)/b18-11-. The highest BCUT2D eigenvalue weighted by Gasteiger charge is 2.38. The van der Waals surface area contributed by atoms with E-state index in [0.29, 0.717) is 51.8 Å². The van der Waals surface area contributed by atoms with E-state index in [2.05, 4.69) is 30.2 Å². The Balaban J connectivity index is 1.44. The van der Waals surface area contributed by atoms with Crippen LogP contribution in [0.25, 0.3) is 11.6 Å². The Labute approximate surface area is 237 Å². The zero-order valence-electron chi connectivity index (χ0n) is 23.1. The summed E-state index contributed by atoms with van der Waals surface area (Å²) in [6.45, 7) is 9.34. The number of amides is 2. The first-order chi connectivity index (χ1) is 19.2. The Morgan fingerprint density at radius 2 is 1.98 bits per heavy atom. The molecule has 5 rings (SSSR count). The second-order valence-electron chi connectivity index (χ2n) is 10.1. The van der Waals surface area contributed by atoms with Gasteiger partial charge < -0.3 is 25.7 Å². The average molecular weight is 565 g/mol. The normalized spacial score (nSPS) is 16.2. The molecule has 4 N–H and O–H groups in total. The zero-order valence-corrected chi connectivity index (χ0v) is 23.9. The molecule has 1 saturated heterocycles. The molecule has 0 unspecified atom stereocenters. The van der Waals surface area contributed by atoms with Gasteiger partial charge in [0.2, 0.25) is 5.95 Å². The number of pyridine rings is 1. The van der Waals surface area contributed by atoms with E-state index < -0.39 is 0 Å². The number of H-pyrrole nitrogens is 1. The number of methoxy groups -OCH3 is 1. The molecule has 3 aromatic rings. The molecule has 210 valence electrons. The van der Waals surface area contributed by atoms with E-state index in [0.717, 1.165) is 30.8 Å². The second-order valence-corrected chi connectivity index (χ2v) is 10.5. The van der Waals surface area contributed by atoms with Gasteiger partial charge in [-0.2, -0.15) is 4.98 Å². The highest BCUT2D eigenvalue weighted by atomic mass is 35.5. The van der Waals surface area contributed by atoms with E-state index in [1.165, 1.54) is 17.7 Å². The van der Waals surface area contributed by atoms with Crippen LogP contribution in [0.5, 0.6) is 5.75 Å². The molecule has 5 heterocycles. The van der Waals surface area contributed by atoms with Crippen molar-refractivity contribution in [2.24, 2.45) is 0 Å². The van der Waals surface area contributed by atoms with Gasteiger partial charge >= 0.3 is 0 Å². The van der Waals surface area contributed by atoms with Gasteiger partial charge in [0, 0.05) is 42.3 Å². The van der Waals surface area contributed by atoms with Crippen LogP contribution in [0.15, 0.2) is 12.4 Å². The van der Waals surface area contributed by atoms with Gasteiger partial charge in [0.1, 0.15) is 10.9 Å². The topological polar surface area (TPSA) is 142 Å². The van der Waals surface area contributed by atoms with E-state index in [1.807, 2.05) is 20.8 Å². The van der Waals surface area contributed by atoms with Gasteiger partial charge in [-0.1, -0.05) is 11.6 Å². The van der Waals surface area contributed by atoms with E-state index in [9.17, 15) is 9.59 Å². The SMILES string of the molecule is COc1c(C)cnc(CN2C(=O)/C(=C\c3[nH]cc(C(=O)NCCN4CCCC4)c3C)c3c(Cl)nc(N)nc32)c1C. The molecule has 2 aliphatic rings. The maximum atomic E-state index is 13.8. The summed E-state index contributed by atoms with van der Waals surface area (Å²) >= 11 is 6.51. The quantitative estimate of drug-likeness (QED) is 0.279. The minimum Gasteiger partial charge on any atom is -0.496 e. The molecule has 40 heavy (non-hydrogen) atoms. The van der Waals surface area contributed by atoms with Gasteiger partial charge in [0.05, 0.1) is 36.0 Å². The van der Waals surface area contributed by atoms with Crippen LogP contribution >= 0.6 is 11.6 Å². The monoisotopic (exact) mass is 564 g/mol. The van der Waals surface area contributed by atoms with Crippen molar-refractivity contribution in [3.63, 3.8) is 0 Å². The Morgan fingerprint density at radius 1 is 1.23 bits per heavy atom. The van der Waals surface area contributed by atoms with Crippen LogP contribution in [0.4, 0.5) is 11.8 Å². The summed E-state index contributed by atoms with van der Waals surface area (Å²) in [5, 5.41) is 3.07. The highest BCUT2D eigenvalue weighted by Crippen LogP contribution is 2.42. The lowest BCUT2D eigenvalue weighted by Crippen LogP contribution is -2.33. The van der Waals surface area contributed by atoms with Crippen molar-refractivity contribution >= 4 is 46.8 Å². The lowest BCUT2D eigenvalue weighted by Gasteiger charge is -2.19. The number of fused-ring (bicyclic) bond motifs is 1. The zero-order chi connectivity index (χ0) is 28.6. The number of carbonyl (C=O) groups excluding carboxylic acids is 2. The van der Waals surface area contributed by atoms with Crippen LogP contribution in [0.1, 0.15) is 56.8 Å². The molecule has 2 amide bonds. The van der Waals surface area contributed by atoms with Crippen LogP contribution in [-0.4, -0.2) is 69.9 Å². The third kappa shape index (κ3) is 5.14. The molecule has 0 aromatic carbocycles. The highest BCUT2D eigenvalue weighted by molar-refractivity contribution is 6.41. The summed E-state index contributed by atoms with van der Waals surface area (Å²) < 4.78 is 5.54. The number of carbonyl (C=O) groups is 2. The number of halogens is 1. The Hall–Kier alpha value is -3.96. The van der Waals surface area contributed by atoms with Gasteiger partial charge in [-0.15, -0.1) is 0 Å². The number of aromatic amines is 1. The predicted octanol–water partition coefficient (Wildman–Crippen LogP) is 3.28. The summed E-state index contributed by atoms with van der Waals surface area (Å²) in [4.78, 5) is 46.7. The number of ether oxygens (including phenoxy) is 1. The molecule has 0 bridgehead atoms. The largest absolute Gasteiger partial charge is 0.496 e. The van der Waals surface area contributed by atoms with E-state index in [-0.39, 0.29) is 29.5 Å². The molecule has 2 aliphatic heterocycles. The number of rotatable bonds is 8. The van der Waals surface area contributed by atoms with E-state index in [1.54, 1.807) is 25.6 Å². The van der Waals surface area contributed by atoms with Crippen molar-refractivity contribution in [2.45, 2.75) is 40.2 Å². The Bertz CT molecular complexity index is 1510. The van der Waals surface area contributed by atoms with Gasteiger partial charge in [0.15, 0.2) is 5.82 Å². The minimum atomic E-state index is -0.330. The number of aromatic nitrogens is 4. The number of nitrogens with one attached hydrogen (secondary N) is 2. The van der Waals surface area contributed by atoms with Gasteiger partial charge in [0.25, 0.3) is 11.8 Å². The fourth-order valence-electron chi connectivity index (χ4n) is 5.35. The van der Waals surface area contributed by atoms with Crippen molar-refractivity contribution in [3.05, 3.63) is 56.8 Å². The molecule has 0 aliphatic carbocycles. The van der Waals surface area contributed by atoms with Gasteiger partial charge in [-0.05, 0) is 58.3 Å². The molecule has 12 heteroatoms. The molecule has 3 aromatic heterocycles. The lowest BCUT2D eigenvalue weighted by molar-refractivity contribution is -0.113. The molecule has 11 nitrogen and oxygen atoms in total. The van der Waals surface area contributed by atoms with Crippen molar-refractivity contribution in [1.29, 1.82) is 0 Å². The first-order valence-corrected chi connectivity index (χ1v) is 13.6. The molecule has 0 atom stereocenters. The Kier molecular flexibility index (Phi) is 7.77. The maximum absolute atomic E-state index is 13.8. The average Bonchev–Trinajstić information content (AvgIpc) is 3.62. The lowest BCUT2D eigenvalue weighted by atomic mass is 10.1. The molecular weight excluding hydrogens is 532 g/mol. The summed E-state index contributed by atoms with van der Waals surface area (Å²) in [5.41, 5.74) is 10.8. The number of nitrogens with two attached hydrogens (primary N) is 1. The minimum absolute atomic E-state index is 0.0436. The molecule has 0 radical (unpaired) electrons. The van der Waals surface area contributed by atoms with Gasteiger partial charge in [-0.25, -0.2) is 4.98 Å². The van der Waals surface area contributed by atoms with Crippen molar-refractivity contribution in [1.82, 2.24) is 30.2 Å². The number of likely N-dealkylation sites (tertiary alicyclic amines) is 1. The number of hydrogen-bond acceptors (Lipinski definition) is 8. The molecule has 1 fully saturated rings. The van der Waals surface area contributed by atoms with Crippen molar-refractivity contribution in [3.8, 4) is 5.75 Å². The van der Waals surface area contributed by atoms with Crippen LogP contribution in [0.2, 0.25) is 5.15 Å². The molecule has 0 saturated carbocycles. The summed E-state index contributed by atoms with van der Waals surface area (Å²) in [6.07, 6.45) is 7.45. The third-order valence-electron chi connectivity index (χ3n) is 7.55. The van der Waals surface area contributed by atoms with Crippen molar-refractivity contribution < 1.29 is 14.3 Å². The number of nitrogens with zero attached hydrogens (tertiary/aromatic N) is 5. The summed E-state index contributed by atoms with van der Waals surface area (Å²) in [6, 6.07) is 0. The first kappa shape index (κ1) is 27.6. The van der Waals surface area contributed by atoms with Crippen LogP contribution in [0.3, 0.4) is 0 Å². The van der Waals surface area contributed by atoms with Crippen molar-refractivity contribution in [2.75, 3.05) is 43.9 Å². The number of aryl methyl sites for hydroxylation is 1. The predicted molar refractivity (Wildman–Crippen MR) is 154 cm³/mol. The van der Waals surface area contributed by atoms with Crippen LogP contribution < -0.4 is 20.7 Å². The van der Waals surface area contributed by atoms with Crippen LogP contribution in [0, 0.1) is 20.8 Å². The van der Waals surface area contributed by atoms with E-state index in [4.69, 9.17) is 22.1 Å². The number of nitrogen functional groups attached to an aromatic ring is 1. The fraction of sp³-hybridized carbons (Fsp3) is 0.393. The first-order valence-electron chi connectivity index (χ1n) is 13.2. The maximum Gasteiger partial charge on any atom is 0.260 e. The smallest absolute Gasteiger partial charge is 0.260 e. The fourth-order valence-corrected chi connectivity index (χ4v) is 5.62. The van der Waals surface area contributed by atoms with Gasteiger partial charge in [-0.3, -0.25) is 19.5 Å². The summed E-state index contributed by atoms with van der Waals surface area (Å²) in [5.74, 6) is 0.474.